The van der Waals surface area contributed by atoms with Gasteiger partial charge in [-0.05, 0) is 26.2 Å². The minimum Gasteiger partial charge on any atom is -0.480 e. The number of amides is 2. The van der Waals surface area contributed by atoms with Crippen molar-refractivity contribution in [2.45, 2.75) is 71.8 Å². The van der Waals surface area contributed by atoms with Gasteiger partial charge in [0.1, 0.15) is 30.1 Å². The summed E-state index contributed by atoms with van der Waals surface area (Å²) in [6.45, 7) is 10.6. The van der Waals surface area contributed by atoms with Crippen LogP contribution in [0.4, 0.5) is 4.79 Å². The molecular formula is C26H34N4O6. The second-order valence-corrected chi connectivity index (χ2v) is 10.9. The first-order valence-corrected chi connectivity index (χ1v) is 11.8. The van der Waals surface area contributed by atoms with Gasteiger partial charge in [0, 0.05) is 18.1 Å². The summed E-state index contributed by atoms with van der Waals surface area (Å²) in [7, 11) is 0. The second-order valence-electron chi connectivity index (χ2n) is 10.9. The van der Waals surface area contributed by atoms with Crippen LogP contribution in [-0.4, -0.2) is 68.3 Å². The Morgan fingerprint density at radius 3 is 2.33 bits per heavy atom. The Balaban J connectivity index is 1.78. The number of nitrogens with one attached hydrogen (secondary N) is 1. The summed E-state index contributed by atoms with van der Waals surface area (Å²) >= 11 is 0. The molecule has 10 heteroatoms. The van der Waals surface area contributed by atoms with Crippen molar-refractivity contribution >= 4 is 18.0 Å². The maximum atomic E-state index is 13.6. The smallest absolute Gasteiger partial charge is 0.408 e. The number of alkyl carbamates (subject to hydrolysis) is 1. The van der Waals surface area contributed by atoms with Crippen molar-refractivity contribution in [3.63, 3.8) is 0 Å². The highest BCUT2D eigenvalue weighted by atomic mass is 16.6. The standard InChI is InChI=1S/C26H34N4O6/c1-25(2,3)21(29-24(34)36-26(4,5)6)22(31)30-14-17(12-19(30)23(32)33)35-20-13-18(27-15-28-20)16-10-8-7-9-11-16/h7-11,13,15,17,19,21H,12,14H2,1-6H3,(H,29,34)(H,32,33)/t17-,19+,21-/m1/s1. The Kier molecular flexibility index (Phi) is 7.86. The lowest BCUT2D eigenvalue weighted by Gasteiger charge is -2.35. The molecular weight excluding hydrogens is 464 g/mol. The summed E-state index contributed by atoms with van der Waals surface area (Å²) in [6.07, 6.45) is 0.111. The number of carboxylic acid groups (broad SMARTS) is 1. The molecule has 2 aromatic rings. The molecule has 1 aromatic carbocycles. The van der Waals surface area contributed by atoms with Crippen molar-refractivity contribution in [3.05, 3.63) is 42.7 Å². The van der Waals surface area contributed by atoms with Gasteiger partial charge in [-0.15, -0.1) is 0 Å². The van der Waals surface area contributed by atoms with E-state index < -0.39 is 47.2 Å². The van der Waals surface area contributed by atoms with Crippen molar-refractivity contribution in [3.8, 4) is 17.1 Å². The van der Waals surface area contributed by atoms with E-state index in [0.29, 0.717) is 5.69 Å². The van der Waals surface area contributed by atoms with Crippen LogP contribution in [0.1, 0.15) is 48.0 Å². The van der Waals surface area contributed by atoms with Gasteiger partial charge >= 0.3 is 12.1 Å². The maximum Gasteiger partial charge on any atom is 0.408 e. The van der Waals surface area contributed by atoms with Gasteiger partial charge < -0.3 is 24.8 Å². The van der Waals surface area contributed by atoms with Gasteiger partial charge in [0.2, 0.25) is 11.8 Å². The van der Waals surface area contributed by atoms with Crippen LogP contribution in [0.15, 0.2) is 42.7 Å². The number of carbonyl (C=O) groups is 3. The molecule has 36 heavy (non-hydrogen) atoms. The number of rotatable bonds is 6. The largest absolute Gasteiger partial charge is 0.480 e. The normalized spacial score (nSPS) is 18.9. The van der Waals surface area contributed by atoms with Crippen molar-refractivity contribution in [2.75, 3.05) is 6.54 Å². The zero-order valence-corrected chi connectivity index (χ0v) is 21.5. The van der Waals surface area contributed by atoms with E-state index in [1.54, 1.807) is 47.6 Å². The van der Waals surface area contributed by atoms with Crippen LogP contribution in [0.5, 0.6) is 5.88 Å². The average molecular weight is 499 g/mol. The molecule has 0 aliphatic carbocycles. The topological polar surface area (TPSA) is 131 Å². The molecule has 0 saturated carbocycles. The first-order valence-electron chi connectivity index (χ1n) is 11.8. The van der Waals surface area contributed by atoms with Crippen LogP contribution in [-0.2, 0) is 14.3 Å². The SMILES string of the molecule is CC(C)(C)OC(=O)N[C@H](C(=O)N1C[C@H](Oc2cc(-c3ccccc3)ncn2)C[C@H]1C(=O)O)C(C)(C)C. The maximum absolute atomic E-state index is 13.6. The number of aliphatic carboxylic acids is 1. The van der Waals surface area contributed by atoms with Gasteiger partial charge in [-0.3, -0.25) is 4.79 Å². The third-order valence-electron chi connectivity index (χ3n) is 5.60. The molecule has 0 unspecified atom stereocenters. The Hall–Kier alpha value is -3.69. The zero-order valence-electron chi connectivity index (χ0n) is 21.5. The number of likely N-dealkylation sites (tertiary alicyclic amines) is 1. The number of nitrogens with zero attached hydrogens (tertiary/aromatic N) is 3. The Morgan fingerprint density at radius 1 is 1.08 bits per heavy atom. The third kappa shape index (κ3) is 6.93. The number of carbonyl (C=O) groups excluding carboxylic acids is 2. The highest BCUT2D eigenvalue weighted by molar-refractivity contribution is 5.90. The summed E-state index contributed by atoms with van der Waals surface area (Å²) in [5.41, 5.74) is 0.100. The molecule has 2 heterocycles. The fraction of sp³-hybridized carbons (Fsp3) is 0.500. The van der Waals surface area contributed by atoms with Crippen LogP contribution in [0.3, 0.4) is 0 Å². The first-order chi connectivity index (χ1) is 16.7. The summed E-state index contributed by atoms with van der Waals surface area (Å²) in [6, 6.07) is 9.08. The van der Waals surface area contributed by atoms with Gasteiger partial charge in [-0.1, -0.05) is 51.1 Å². The molecule has 0 spiro atoms. The fourth-order valence-electron chi connectivity index (χ4n) is 3.94. The second kappa shape index (κ2) is 10.5. The zero-order chi connectivity index (χ0) is 26.7. The van der Waals surface area contributed by atoms with Crippen molar-refractivity contribution in [1.29, 1.82) is 0 Å². The molecule has 1 fully saturated rings. The summed E-state index contributed by atoms with van der Waals surface area (Å²) in [4.78, 5) is 47.7. The lowest BCUT2D eigenvalue weighted by Crippen LogP contribution is -2.57. The summed E-state index contributed by atoms with van der Waals surface area (Å²) in [5, 5.41) is 12.5. The molecule has 2 amide bonds. The van der Waals surface area contributed by atoms with E-state index >= 15 is 0 Å². The molecule has 1 aliphatic heterocycles. The van der Waals surface area contributed by atoms with E-state index in [0.717, 1.165) is 5.56 Å². The first kappa shape index (κ1) is 26.9. The van der Waals surface area contributed by atoms with Gasteiger partial charge in [-0.25, -0.2) is 19.6 Å². The molecule has 1 aromatic heterocycles. The predicted molar refractivity (Wildman–Crippen MR) is 132 cm³/mol. The Morgan fingerprint density at radius 2 is 1.75 bits per heavy atom. The minimum absolute atomic E-state index is 0.0308. The molecule has 194 valence electrons. The number of ether oxygens (including phenoxy) is 2. The average Bonchev–Trinajstić information content (AvgIpc) is 3.20. The van der Waals surface area contributed by atoms with Crippen molar-refractivity contribution in [1.82, 2.24) is 20.2 Å². The summed E-state index contributed by atoms with van der Waals surface area (Å²) in [5.74, 6) is -1.38. The minimum atomic E-state index is -1.15. The van der Waals surface area contributed by atoms with Gasteiger partial charge in [-0.2, -0.15) is 0 Å². The Labute approximate surface area is 211 Å². The van der Waals surface area contributed by atoms with E-state index in [1.165, 1.54) is 11.2 Å². The molecule has 2 N–H and O–H groups in total. The Bertz CT molecular complexity index is 1090. The predicted octanol–water partition coefficient (Wildman–Crippen LogP) is 3.52. The number of aromatic nitrogens is 2. The van der Waals surface area contributed by atoms with E-state index in [-0.39, 0.29) is 18.8 Å². The number of hydrogen-bond donors (Lipinski definition) is 2. The van der Waals surface area contributed by atoms with Gasteiger partial charge in [0.15, 0.2) is 0 Å². The van der Waals surface area contributed by atoms with E-state index in [9.17, 15) is 19.5 Å². The third-order valence-corrected chi connectivity index (χ3v) is 5.60. The molecule has 3 rings (SSSR count). The van der Waals surface area contributed by atoms with E-state index in [4.69, 9.17) is 9.47 Å². The van der Waals surface area contributed by atoms with Gasteiger partial charge in [0.05, 0.1) is 12.2 Å². The molecule has 1 aliphatic rings. The van der Waals surface area contributed by atoms with E-state index in [2.05, 4.69) is 15.3 Å². The highest BCUT2D eigenvalue weighted by Gasteiger charge is 2.46. The number of benzene rings is 1. The van der Waals surface area contributed by atoms with Crippen LogP contribution in [0, 0.1) is 5.41 Å². The van der Waals surface area contributed by atoms with Crippen molar-refractivity contribution in [2.24, 2.45) is 5.41 Å². The van der Waals surface area contributed by atoms with Crippen LogP contribution < -0.4 is 10.1 Å². The van der Waals surface area contributed by atoms with Crippen molar-refractivity contribution < 1.29 is 29.0 Å². The lowest BCUT2D eigenvalue weighted by atomic mass is 9.85. The van der Waals surface area contributed by atoms with Gasteiger partial charge in [0.25, 0.3) is 0 Å². The fourth-order valence-corrected chi connectivity index (χ4v) is 3.94. The number of hydrogen-bond acceptors (Lipinski definition) is 7. The molecule has 0 radical (unpaired) electrons. The quantitative estimate of drug-likeness (QED) is 0.619. The monoisotopic (exact) mass is 498 g/mol. The molecule has 10 nitrogen and oxygen atoms in total. The van der Waals surface area contributed by atoms with Crippen LogP contribution >= 0.6 is 0 Å². The number of carboxylic acids is 1. The van der Waals surface area contributed by atoms with Crippen LogP contribution in [0.25, 0.3) is 11.3 Å². The van der Waals surface area contributed by atoms with Crippen LogP contribution in [0.2, 0.25) is 0 Å². The molecule has 3 atom stereocenters. The summed E-state index contributed by atoms with van der Waals surface area (Å²) < 4.78 is 11.3. The highest BCUT2D eigenvalue weighted by Crippen LogP contribution is 2.29. The van der Waals surface area contributed by atoms with E-state index in [1.807, 2.05) is 30.3 Å². The molecule has 1 saturated heterocycles. The lowest BCUT2D eigenvalue weighted by molar-refractivity contribution is -0.150. The molecule has 0 bridgehead atoms.